The Labute approximate surface area is 139 Å². The Hall–Kier alpha value is -2.79. The van der Waals surface area contributed by atoms with Crippen molar-refractivity contribution in [1.29, 1.82) is 0 Å². The number of anilines is 1. The number of rotatable bonds is 2. The van der Waals surface area contributed by atoms with Crippen LogP contribution in [0.1, 0.15) is 10.4 Å². The number of benzene rings is 1. The number of nitrogens with two attached hydrogens (primary N) is 2. The zero-order valence-electron chi connectivity index (χ0n) is 11.4. The molecule has 0 radical (unpaired) electrons. The average Bonchev–Trinajstić information content (AvgIpc) is 2.42. The third-order valence-electron chi connectivity index (χ3n) is 2.27. The van der Waals surface area contributed by atoms with Gasteiger partial charge in [0, 0.05) is 5.56 Å². The predicted molar refractivity (Wildman–Crippen MR) is 89.2 cm³/mol. The fourth-order valence-corrected chi connectivity index (χ4v) is 1.57. The molecule has 23 heavy (non-hydrogen) atoms. The van der Waals surface area contributed by atoms with Gasteiger partial charge in [0.15, 0.2) is 15.6 Å². The van der Waals surface area contributed by atoms with Crippen LogP contribution in [0.2, 0.25) is 0 Å². The highest BCUT2D eigenvalue weighted by Crippen LogP contribution is 2.14. The molecule has 2 aromatic rings. The van der Waals surface area contributed by atoms with Gasteiger partial charge in [-0.15, -0.1) is 0 Å². The Morgan fingerprint density at radius 2 is 1.74 bits per heavy atom. The number of H-pyrrole nitrogens is 2. The van der Waals surface area contributed by atoms with E-state index in [0.717, 1.165) is 12.1 Å². The smallest absolute Gasteiger partial charge is 0.279 e. The second kappa shape index (κ2) is 8.00. The zero-order valence-corrected chi connectivity index (χ0v) is 13.1. The predicted octanol–water partition coefficient (Wildman–Crippen LogP) is 0.718. The summed E-state index contributed by atoms with van der Waals surface area (Å²) in [6, 6.07) is 4.72. The zero-order chi connectivity index (χ0) is 17.6. The summed E-state index contributed by atoms with van der Waals surface area (Å²) in [7, 11) is 0. The van der Waals surface area contributed by atoms with E-state index in [1.807, 2.05) is 0 Å². The Bertz CT molecular complexity index is 828. The highest BCUT2D eigenvalue weighted by Gasteiger charge is 2.12. The normalized spacial score (nSPS) is 9.43. The highest BCUT2D eigenvalue weighted by atomic mass is 32.1. The Morgan fingerprint density at radius 3 is 2.22 bits per heavy atom. The topological polar surface area (TPSA) is 150 Å². The van der Waals surface area contributed by atoms with E-state index >= 15 is 0 Å². The molecule has 0 spiro atoms. The second-order valence-corrected chi connectivity index (χ2v) is 4.87. The first-order chi connectivity index (χ1) is 10.7. The molecule has 8 nitrogen and oxygen atoms in total. The Morgan fingerprint density at radius 1 is 1.22 bits per heavy atom. The van der Waals surface area contributed by atoms with Crippen molar-refractivity contribution < 1.29 is 14.3 Å². The fraction of sp³-hybridized carbons (Fsp3) is 0. The third-order valence-corrected chi connectivity index (χ3v) is 2.47. The number of carbonyl (C=O) groups is 1. The maximum Gasteiger partial charge on any atom is 0.279 e. The van der Waals surface area contributed by atoms with E-state index in [0.29, 0.717) is 0 Å². The maximum atomic E-state index is 12.7. The van der Waals surface area contributed by atoms with Crippen molar-refractivity contribution in [3.05, 3.63) is 50.8 Å². The molecule has 0 unspecified atom stereocenters. The molecule has 0 atom stereocenters. The lowest BCUT2D eigenvalue weighted by Gasteiger charge is -2.05. The average molecular weight is 357 g/mol. The first kappa shape index (κ1) is 18.3. The van der Waals surface area contributed by atoms with E-state index < -0.39 is 23.2 Å². The minimum absolute atomic E-state index is 0.000000000000000222. The molecule has 0 saturated heterocycles. The number of halogens is 1. The van der Waals surface area contributed by atoms with Gasteiger partial charge in [-0.05, 0) is 48.7 Å². The lowest BCUT2D eigenvalue weighted by molar-refractivity contribution is 0.102. The summed E-state index contributed by atoms with van der Waals surface area (Å²) < 4.78 is 12.6. The summed E-state index contributed by atoms with van der Waals surface area (Å²) in [6.07, 6.45) is 0. The van der Waals surface area contributed by atoms with Gasteiger partial charge < -0.3 is 26.9 Å². The van der Waals surface area contributed by atoms with Crippen molar-refractivity contribution in [1.82, 2.24) is 9.97 Å². The van der Waals surface area contributed by atoms with Crippen LogP contribution < -0.4 is 22.3 Å². The molecular formula is C12H12FN5O3S2. The first-order valence-electron chi connectivity index (χ1n) is 5.88. The molecule has 2 rings (SSSR count). The van der Waals surface area contributed by atoms with Gasteiger partial charge >= 0.3 is 0 Å². The van der Waals surface area contributed by atoms with Gasteiger partial charge in [-0.1, -0.05) is 0 Å². The first-order valence-corrected chi connectivity index (χ1v) is 6.69. The lowest BCUT2D eigenvalue weighted by Crippen LogP contribution is -2.20. The highest BCUT2D eigenvalue weighted by molar-refractivity contribution is 7.80. The van der Waals surface area contributed by atoms with Crippen LogP contribution in [0.5, 0.6) is 5.88 Å². The van der Waals surface area contributed by atoms with Crippen LogP contribution in [-0.2, 0) is 0 Å². The van der Waals surface area contributed by atoms with E-state index in [2.05, 4.69) is 51.2 Å². The summed E-state index contributed by atoms with van der Waals surface area (Å²) in [5, 5.41) is 11.7. The number of aromatic nitrogens is 2. The number of hydrogen-bond acceptors (Lipinski definition) is 5. The maximum absolute atomic E-state index is 12.7. The van der Waals surface area contributed by atoms with Crippen molar-refractivity contribution in [2.24, 2.45) is 11.5 Å². The quantitative estimate of drug-likeness (QED) is 0.433. The van der Waals surface area contributed by atoms with Gasteiger partial charge in [0.25, 0.3) is 11.5 Å². The SMILES string of the molecule is NC(N)=S.O=C(Nc1c(O)[nH]c(=S)[nH]c1=O)c1ccc(F)cc1. The van der Waals surface area contributed by atoms with Crippen molar-refractivity contribution in [2.45, 2.75) is 0 Å². The van der Waals surface area contributed by atoms with E-state index in [-0.39, 0.29) is 21.1 Å². The molecule has 8 N–H and O–H groups in total. The van der Waals surface area contributed by atoms with Gasteiger partial charge in [0.05, 0.1) is 0 Å². The van der Waals surface area contributed by atoms with Gasteiger partial charge in [0.2, 0.25) is 5.88 Å². The molecule has 1 aromatic carbocycles. The number of nitrogens with one attached hydrogen (secondary N) is 3. The molecule has 1 amide bonds. The Balaban J connectivity index is 0.000000593. The van der Waals surface area contributed by atoms with Crippen molar-refractivity contribution >= 4 is 41.1 Å². The second-order valence-electron chi connectivity index (χ2n) is 4.00. The van der Waals surface area contributed by atoms with E-state index in [4.69, 9.17) is 0 Å². The van der Waals surface area contributed by atoms with Crippen LogP contribution in [0.15, 0.2) is 29.1 Å². The molecule has 0 fully saturated rings. The molecule has 0 aliphatic rings. The lowest BCUT2D eigenvalue weighted by atomic mass is 10.2. The molecule has 0 aliphatic carbocycles. The summed E-state index contributed by atoms with van der Waals surface area (Å²) >= 11 is 8.74. The van der Waals surface area contributed by atoms with Crippen molar-refractivity contribution in [3.63, 3.8) is 0 Å². The molecule has 1 aromatic heterocycles. The van der Waals surface area contributed by atoms with Gasteiger partial charge in [0.1, 0.15) is 5.82 Å². The monoisotopic (exact) mass is 357 g/mol. The summed E-state index contributed by atoms with van der Waals surface area (Å²) in [5.41, 5.74) is 8.28. The number of carbonyl (C=O) groups excluding carboxylic acids is 1. The molecule has 1 heterocycles. The fourth-order valence-electron chi connectivity index (χ4n) is 1.38. The van der Waals surface area contributed by atoms with Crippen LogP contribution >= 0.6 is 24.4 Å². The minimum Gasteiger partial charge on any atom is -0.493 e. The number of aromatic amines is 2. The molecule has 0 aliphatic heterocycles. The van der Waals surface area contributed by atoms with E-state index in [1.165, 1.54) is 12.1 Å². The van der Waals surface area contributed by atoms with Crippen LogP contribution in [0, 0.1) is 10.6 Å². The summed E-state index contributed by atoms with van der Waals surface area (Å²) in [6.45, 7) is 0. The molecule has 0 saturated carbocycles. The number of aromatic hydroxyl groups is 1. The largest absolute Gasteiger partial charge is 0.493 e. The number of hydrogen-bond donors (Lipinski definition) is 6. The van der Waals surface area contributed by atoms with Crippen LogP contribution in [0.3, 0.4) is 0 Å². The minimum atomic E-state index is -0.739. The number of amides is 1. The molecule has 122 valence electrons. The molecule has 11 heteroatoms. The van der Waals surface area contributed by atoms with Crippen LogP contribution in [0.4, 0.5) is 10.1 Å². The van der Waals surface area contributed by atoms with Gasteiger partial charge in [-0.3, -0.25) is 14.6 Å². The Kier molecular flexibility index (Phi) is 6.35. The summed E-state index contributed by atoms with van der Waals surface area (Å²) in [5.74, 6) is -1.70. The van der Waals surface area contributed by atoms with Crippen LogP contribution in [-0.4, -0.2) is 26.1 Å². The van der Waals surface area contributed by atoms with Crippen molar-refractivity contribution in [2.75, 3.05) is 5.32 Å². The standard InChI is InChI=1S/C11H8FN3O3S.CH4N2S/c12-6-3-1-5(2-4-6)8(16)13-7-9(17)14-11(19)15-10(7)18;2-1(3)4/h1-4H,(H,13,16)(H3,14,15,17,18,19);(H4,2,3,4). The third kappa shape index (κ3) is 5.84. The molecule has 0 bridgehead atoms. The molecular weight excluding hydrogens is 345 g/mol. The van der Waals surface area contributed by atoms with Crippen LogP contribution in [0.25, 0.3) is 0 Å². The van der Waals surface area contributed by atoms with E-state index in [1.54, 1.807) is 0 Å². The number of thiocarbonyl (C=S) groups is 1. The van der Waals surface area contributed by atoms with Crippen molar-refractivity contribution in [3.8, 4) is 5.88 Å². The summed E-state index contributed by atoms with van der Waals surface area (Å²) in [4.78, 5) is 27.8. The van der Waals surface area contributed by atoms with Gasteiger partial charge in [-0.25, -0.2) is 4.39 Å². The van der Waals surface area contributed by atoms with E-state index in [9.17, 15) is 19.1 Å². The van der Waals surface area contributed by atoms with Gasteiger partial charge in [-0.2, -0.15) is 0 Å².